The Morgan fingerprint density at radius 3 is 2.57 bits per heavy atom. The number of nitrogens with zero attached hydrogens (tertiary/aromatic N) is 2. The van der Waals surface area contributed by atoms with E-state index >= 15 is 0 Å². The third-order valence-electron chi connectivity index (χ3n) is 4.08. The van der Waals surface area contributed by atoms with Crippen molar-refractivity contribution in [3.63, 3.8) is 0 Å². The second kappa shape index (κ2) is 8.99. The molecule has 1 aromatic heterocycles. The van der Waals surface area contributed by atoms with Gasteiger partial charge in [0.2, 0.25) is 5.91 Å². The van der Waals surface area contributed by atoms with Crippen LogP contribution in [0.5, 0.6) is 11.5 Å². The average Bonchev–Trinajstić information content (AvgIpc) is 3.06. The number of carbonyl (C=O) groups excluding carboxylic acids is 1. The predicted molar refractivity (Wildman–Crippen MR) is 104 cm³/mol. The van der Waals surface area contributed by atoms with Gasteiger partial charge in [0.1, 0.15) is 18.0 Å². The molecule has 30 heavy (non-hydrogen) atoms. The molecule has 158 valence electrons. The molecule has 0 aliphatic heterocycles. The number of alkyl halides is 3. The van der Waals surface area contributed by atoms with Crippen molar-refractivity contribution in [2.45, 2.75) is 19.5 Å². The highest BCUT2D eigenvalue weighted by Crippen LogP contribution is 2.26. The summed E-state index contributed by atoms with van der Waals surface area (Å²) in [6, 6.07) is 12.6. The highest BCUT2D eigenvalue weighted by atomic mass is 32.1. The van der Waals surface area contributed by atoms with Crippen LogP contribution in [0.25, 0.3) is 11.4 Å². The van der Waals surface area contributed by atoms with Crippen molar-refractivity contribution in [3.05, 3.63) is 58.9 Å². The van der Waals surface area contributed by atoms with Gasteiger partial charge in [-0.3, -0.25) is 14.5 Å². The molecule has 7 nitrogen and oxygen atoms in total. The molecule has 1 amide bonds. The van der Waals surface area contributed by atoms with E-state index < -0.39 is 12.3 Å². The number of carbonyl (C=O) groups is 1. The standard InChI is InChI=1S/C19H17F3N4O3S/c1-28-14-8-6-12(7-9-14)17-24-25-18(30)26(17)11-16(27)23-10-13-4-2-3-5-15(13)29-19(20,21)22/h2-9H,10-11H2,1H3,(H,23,27)(H,25,30). The molecule has 0 saturated heterocycles. The van der Waals surface area contributed by atoms with Crippen LogP contribution in [0.3, 0.4) is 0 Å². The summed E-state index contributed by atoms with van der Waals surface area (Å²) in [6.45, 7) is -0.312. The molecule has 0 aliphatic rings. The lowest BCUT2D eigenvalue weighted by Gasteiger charge is -2.14. The van der Waals surface area contributed by atoms with Crippen molar-refractivity contribution in [1.82, 2.24) is 20.1 Å². The molecule has 0 bridgehead atoms. The van der Waals surface area contributed by atoms with E-state index in [4.69, 9.17) is 17.0 Å². The Labute approximate surface area is 174 Å². The van der Waals surface area contributed by atoms with Crippen LogP contribution in [0, 0.1) is 4.77 Å². The van der Waals surface area contributed by atoms with E-state index in [0.29, 0.717) is 17.1 Å². The van der Waals surface area contributed by atoms with Gasteiger partial charge >= 0.3 is 6.36 Å². The molecule has 0 fully saturated rings. The summed E-state index contributed by atoms with van der Waals surface area (Å²) in [4.78, 5) is 12.4. The fourth-order valence-corrected chi connectivity index (χ4v) is 2.89. The van der Waals surface area contributed by atoms with Crippen LogP contribution >= 0.6 is 12.2 Å². The van der Waals surface area contributed by atoms with Gasteiger partial charge in [0.05, 0.1) is 7.11 Å². The van der Waals surface area contributed by atoms with E-state index in [2.05, 4.69) is 20.3 Å². The first kappa shape index (κ1) is 21.4. The lowest BCUT2D eigenvalue weighted by Crippen LogP contribution is -2.28. The molecule has 2 N–H and O–H groups in total. The number of H-pyrrole nitrogens is 1. The molecule has 0 radical (unpaired) electrons. The summed E-state index contributed by atoms with van der Waals surface area (Å²) < 4.78 is 48.4. The Hall–Kier alpha value is -3.34. The first-order chi connectivity index (χ1) is 14.3. The summed E-state index contributed by atoms with van der Waals surface area (Å²) in [6.07, 6.45) is -4.82. The van der Waals surface area contributed by atoms with Crippen LogP contribution in [0.1, 0.15) is 5.56 Å². The number of ether oxygens (including phenoxy) is 2. The third-order valence-corrected chi connectivity index (χ3v) is 4.39. The van der Waals surface area contributed by atoms with Gasteiger partial charge in [0.25, 0.3) is 0 Å². The van der Waals surface area contributed by atoms with Gasteiger partial charge in [0, 0.05) is 17.7 Å². The Balaban J connectivity index is 1.71. The minimum absolute atomic E-state index is 0.145. The van der Waals surface area contributed by atoms with Crippen molar-refractivity contribution >= 4 is 18.1 Å². The monoisotopic (exact) mass is 438 g/mol. The smallest absolute Gasteiger partial charge is 0.497 e. The van der Waals surface area contributed by atoms with Gasteiger partial charge in [-0.05, 0) is 42.5 Å². The zero-order valence-electron chi connectivity index (χ0n) is 15.7. The van der Waals surface area contributed by atoms with E-state index in [0.717, 1.165) is 0 Å². The molecule has 3 rings (SSSR count). The zero-order valence-corrected chi connectivity index (χ0v) is 16.5. The number of benzene rings is 2. The SMILES string of the molecule is COc1ccc(-c2n[nH]c(=S)n2CC(=O)NCc2ccccc2OC(F)(F)F)cc1. The highest BCUT2D eigenvalue weighted by molar-refractivity contribution is 7.71. The molecule has 1 heterocycles. The number of para-hydroxylation sites is 1. The lowest BCUT2D eigenvalue weighted by atomic mass is 10.2. The number of aromatic nitrogens is 3. The Kier molecular flexibility index (Phi) is 6.40. The molecule has 0 spiro atoms. The number of halogens is 3. The fourth-order valence-electron chi connectivity index (χ4n) is 2.69. The van der Waals surface area contributed by atoms with Gasteiger partial charge in [-0.25, -0.2) is 0 Å². The fraction of sp³-hybridized carbons (Fsp3) is 0.211. The number of hydrogen-bond acceptors (Lipinski definition) is 5. The number of rotatable bonds is 7. The van der Waals surface area contributed by atoms with Crippen molar-refractivity contribution in [3.8, 4) is 22.9 Å². The summed E-state index contributed by atoms with van der Waals surface area (Å²) in [5.74, 6) is 0.281. The lowest BCUT2D eigenvalue weighted by molar-refractivity contribution is -0.274. The Morgan fingerprint density at radius 2 is 1.90 bits per heavy atom. The van der Waals surface area contributed by atoms with Crippen LogP contribution in [-0.2, 0) is 17.9 Å². The quantitative estimate of drug-likeness (QED) is 0.548. The van der Waals surface area contributed by atoms with Gasteiger partial charge in [-0.15, -0.1) is 13.2 Å². The molecular weight excluding hydrogens is 421 g/mol. The van der Waals surface area contributed by atoms with Crippen molar-refractivity contribution in [1.29, 1.82) is 0 Å². The maximum absolute atomic E-state index is 12.5. The second-order valence-electron chi connectivity index (χ2n) is 6.10. The number of aromatic amines is 1. The van der Waals surface area contributed by atoms with Gasteiger partial charge in [0.15, 0.2) is 10.6 Å². The summed E-state index contributed by atoms with van der Waals surface area (Å²) in [5.41, 5.74) is 0.897. The van der Waals surface area contributed by atoms with E-state index in [9.17, 15) is 18.0 Å². The van der Waals surface area contributed by atoms with Crippen molar-refractivity contribution < 1.29 is 27.4 Å². The minimum atomic E-state index is -4.82. The van der Waals surface area contributed by atoms with E-state index in [1.807, 2.05) is 0 Å². The number of nitrogens with one attached hydrogen (secondary N) is 2. The summed E-state index contributed by atoms with van der Waals surface area (Å²) in [5, 5.41) is 9.36. The Bertz CT molecular complexity index is 1080. The number of amides is 1. The van der Waals surface area contributed by atoms with Crippen molar-refractivity contribution in [2.24, 2.45) is 0 Å². The maximum atomic E-state index is 12.5. The second-order valence-corrected chi connectivity index (χ2v) is 6.49. The average molecular weight is 438 g/mol. The van der Waals surface area contributed by atoms with Crippen molar-refractivity contribution in [2.75, 3.05) is 7.11 Å². The molecule has 11 heteroatoms. The molecule has 3 aromatic rings. The highest BCUT2D eigenvalue weighted by Gasteiger charge is 2.32. The zero-order chi connectivity index (χ0) is 21.7. The largest absolute Gasteiger partial charge is 0.573 e. The maximum Gasteiger partial charge on any atom is 0.573 e. The van der Waals surface area contributed by atoms with Gasteiger partial charge in [-0.2, -0.15) is 5.10 Å². The van der Waals surface area contributed by atoms with E-state index in [1.165, 1.54) is 22.8 Å². The third kappa shape index (κ3) is 5.38. The molecule has 0 atom stereocenters. The molecule has 0 saturated carbocycles. The van der Waals surface area contributed by atoms with E-state index in [1.54, 1.807) is 37.4 Å². The number of hydrogen-bond donors (Lipinski definition) is 2. The summed E-state index contributed by atoms with van der Waals surface area (Å²) >= 11 is 5.19. The Morgan fingerprint density at radius 1 is 1.20 bits per heavy atom. The van der Waals surface area contributed by atoms with Gasteiger partial charge in [-0.1, -0.05) is 18.2 Å². The van der Waals surface area contributed by atoms with Crippen LogP contribution in [-0.4, -0.2) is 34.1 Å². The molecule has 0 unspecified atom stereocenters. The normalized spacial score (nSPS) is 11.2. The molecule has 2 aromatic carbocycles. The van der Waals surface area contributed by atoms with Crippen LogP contribution in [0.2, 0.25) is 0 Å². The van der Waals surface area contributed by atoms with Crippen LogP contribution in [0.15, 0.2) is 48.5 Å². The number of methoxy groups -OCH3 is 1. The predicted octanol–water partition coefficient (Wildman–Crippen LogP) is 3.83. The van der Waals surface area contributed by atoms with Crippen LogP contribution < -0.4 is 14.8 Å². The minimum Gasteiger partial charge on any atom is -0.497 e. The first-order valence-electron chi connectivity index (χ1n) is 8.67. The summed E-state index contributed by atoms with van der Waals surface area (Å²) in [7, 11) is 1.55. The molecule has 0 aliphatic carbocycles. The topological polar surface area (TPSA) is 81.2 Å². The van der Waals surface area contributed by atoms with E-state index in [-0.39, 0.29) is 29.2 Å². The molecular formula is C19H17F3N4O3S. The van der Waals surface area contributed by atoms with Crippen LogP contribution in [0.4, 0.5) is 13.2 Å². The van der Waals surface area contributed by atoms with Gasteiger partial charge < -0.3 is 14.8 Å². The first-order valence-corrected chi connectivity index (χ1v) is 9.07.